The van der Waals surface area contributed by atoms with E-state index < -0.39 is 0 Å². The lowest BCUT2D eigenvalue weighted by atomic mass is 10.1. The zero-order chi connectivity index (χ0) is 19.4. The van der Waals surface area contributed by atoms with Gasteiger partial charge in [0.25, 0.3) is 0 Å². The molecule has 0 saturated carbocycles. The van der Waals surface area contributed by atoms with Gasteiger partial charge in [0, 0.05) is 56.7 Å². The van der Waals surface area contributed by atoms with Crippen LogP contribution in [0.3, 0.4) is 0 Å². The molecule has 7 nitrogen and oxygen atoms in total. The van der Waals surface area contributed by atoms with Crippen molar-refractivity contribution >= 4 is 33.8 Å². The largest absolute Gasteiger partial charge is 0.339 e. The summed E-state index contributed by atoms with van der Waals surface area (Å²) in [5.74, 6) is -0.238. The number of carbonyl (C=O) groups excluding carboxylic acids is 3. The predicted molar refractivity (Wildman–Crippen MR) is 105 cm³/mol. The van der Waals surface area contributed by atoms with Crippen molar-refractivity contribution < 1.29 is 14.4 Å². The maximum Gasteiger partial charge on any atom is 0.317 e. The first-order chi connectivity index (χ1) is 13.0. The molecule has 2 heterocycles. The van der Waals surface area contributed by atoms with Gasteiger partial charge >= 0.3 is 6.03 Å². The van der Waals surface area contributed by atoms with E-state index in [9.17, 15) is 14.4 Å². The molecule has 1 aromatic rings. The van der Waals surface area contributed by atoms with Gasteiger partial charge in [-0.2, -0.15) is 0 Å². The Morgan fingerprint density at radius 3 is 2.37 bits per heavy atom. The van der Waals surface area contributed by atoms with Crippen molar-refractivity contribution in [3.05, 3.63) is 34.3 Å². The first-order valence-corrected chi connectivity index (χ1v) is 10.1. The van der Waals surface area contributed by atoms with E-state index in [0.29, 0.717) is 45.8 Å². The second-order valence-electron chi connectivity index (χ2n) is 6.95. The highest BCUT2D eigenvalue weighted by Gasteiger charge is 2.37. The van der Waals surface area contributed by atoms with E-state index in [2.05, 4.69) is 21.2 Å². The van der Waals surface area contributed by atoms with E-state index in [4.69, 9.17) is 0 Å². The van der Waals surface area contributed by atoms with E-state index in [1.165, 1.54) is 0 Å². The van der Waals surface area contributed by atoms with Crippen LogP contribution in [0.2, 0.25) is 0 Å². The Bertz CT molecular complexity index is 701. The number of benzene rings is 1. The fraction of sp³-hybridized carbons (Fsp3) is 0.526. The molecule has 0 radical (unpaired) electrons. The lowest BCUT2D eigenvalue weighted by molar-refractivity contribution is -0.137. The van der Waals surface area contributed by atoms with Crippen LogP contribution in [-0.4, -0.2) is 71.8 Å². The summed E-state index contributed by atoms with van der Waals surface area (Å²) in [7, 11) is 0. The van der Waals surface area contributed by atoms with Crippen LogP contribution in [0.5, 0.6) is 0 Å². The molecule has 3 rings (SSSR count). The average Bonchev–Trinajstić information content (AvgIpc) is 3.04. The summed E-state index contributed by atoms with van der Waals surface area (Å²) in [6.45, 7) is 5.57. The van der Waals surface area contributed by atoms with Gasteiger partial charge in [0.15, 0.2) is 0 Å². The number of hydrogen-bond acceptors (Lipinski definition) is 3. The topological polar surface area (TPSA) is 73.0 Å². The minimum absolute atomic E-state index is 0.0252. The number of likely N-dealkylation sites (tertiary alicyclic amines) is 1. The van der Waals surface area contributed by atoms with Crippen LogP contribution < -0.4 is 5.32 Å². The number of nitrogens with zero attached hydrogens (tertiary/aromatic N) is 3. The molecular weight excluding hydrogens is 412 g/mol. The van der Waals surface area contributed by atoms with Crippen molar-refractivity contribution in [2.24, 2.45) is 5.92 Å². The lowest BCUT2D eigenvalue weighted by Gasteiger charge is -2.35. The average molecular weight is 437 g/mol. The van der Waals surface area contributed by atoms with Gasteiger partial charge in [-0.05, 0) is 24.6 Å². The zero-order valence-corrected chi connectivity index (χ0v) is 17.1. The zero-order valence-electron chi connectivity index (χ0n) is 15.5. The fourth-order valence-corrected chi connectivity index (χ4v) is 3.82. The molecule has 146 valence electrons. The lowest BCUT2D eigenvalue weighted by Crippen LogP contribution is -2.54. The second kappa shape index (κ2) is 8.73. The third-order valence-corrected chi connectivity index (χ3v) is 5.59. The summed E-state index contributed by atoms with van der Waals surface area (Å²) in [6, 6.07) is 7.78. The Morgan fingerprint density at radius 2 is 1.74 bits per heavy atom. The smallest absolute Gasteiger partial charge is 0.317 e. The highest BCUT2D eigenvalue weighted by molar-refractivity contribution is 9.10. The molecule has 27 heavy (non-hydrogen) atoms. The molecule has 0 bridgehead atoms. The van der Waals surface area contributed by atoms with E-state index >= 15 is 0 Å². The number of amides is 4. The minimum Gasteiger partial charge on any atom is -0.339 e. The van der Waals surface area contributed by atoms with Crippen LogP contribution in [-0.2, 0) is 16.1 Å². The molecule has 0 spiro atoms. The third kappa shape index (κ3) is 4.80. The van der Waals surface area contributed by atoms with Crippen LogP contribution in [0.4, 0.5) is 4.79 Å². The van der Waals surface area contributed by atoms with Crippen LogP contribution >= 0.6 is 15.9 Å². The normalized spacial score (nSPS) is 20.1. The van der Waals surface area contributed by atoms with Crippen LogP contribution in [0.25, 0.3) is 0 Å². The number of piperazine rings is 1. The summed E-state index contributed by atoms with van der Waals surface area (Å²) < 4.78 is 0.999. The third-order valence-electron chi connectivity index (χ3n) is 5.06. The van der Waals surface area contributed by atoms with Gasteiger partial charge in [-0.1, -0.05) is 28.1 Å². The molecule has 1 aromatic carbocycles. The summed E-state index contributed by atoms with van der Waals surface area (Å²) in [4.78, 5) is 42.3. The molecule has 2 saturated heterocycles. The van der Waals surface area contributed by atoms with Gasteiger partial charge in [0.1, 0.15) is 0 Å². The molecule has 1 N–H and O–H groups in total. The van der Waals surface area contributed by atoms with Crippen molar-refractivity contribution in [3.8, 4) is 0 Å². The van der Waals surface area contributed by atoms with Crippen LogP contribution in [0.15, 0.2) is 28.7 Å². The van der Waals surface area contributed by atoms with Gasteiger partial charge in [0.05, 0.1) is 5.92 Å². The van der Waals surface area contributed by atoms with Crippen molar-refractivity contribution in [1.82, 2.24) is 20.0 Å². The molecule has 4 amide bonds. The molecule has 2 aliphatic rings. The maximum absolute atomic E-state index is 12.8. The molecule has 1 atom stereocenters. The molecule has 2 aliphatic heterocycles. The molecule has 0 aliphatic carbocycles. The van der Waals surface area contributed by atoms with Gasteiger partial charge in [-0.3, -0.25) is 9.59 Å². The Labute approximate surface area is 167 Å². The van der Waals surface area contributed by atoms with E-state index in [1.54, 1.807) is 14.7 Å². The first kappa shape index (κ1) is 19.7. The Kier molecular flexibility index (Phi) is 6.36. The molecule has 1 unspecified atom stereocenters. The standard InChI is InChI=1S/C19H25BrN4O3/c1-2-21-19(27)23-9-7-22(8-10-23)18(26)15-11-17(25)24(13-15)12-14-3-5-16(20)6-4-14/h3-6,15H,2,7-13H2,1H3,(H,21,27). The second-order valence-corrected chi connectivity index (χ2v) is 7.87. The first-order valence-electron chi connectivity index (χ1n) is 9.31. The van der Waals surface area contributed by atoms with E-state index in [0.717, 1.165) is 10.0 Å². The van der Waals surface area contributed by atoms with E-state index in [1.807, 2.05) is 31.2 Å². The van der Waals surface area contributed by atoms with Gasteiger partial charge in [-0.15, -0.1) is 0 Å². The fourth-order valence-electron chi connectivity index (χ4n) is 3.55. The number of carbonyl (C=O) groups is 3. The highest BCUT2D eigenvalue weighted by Crippen LogP contribution is 2.23. The number of urea groups is 1. The SMILES string of the molecule is CCNC(=O)N1CCN(C(=O)C2CC(=O)N(Cc3ccc(Br)cc3)C2)CC1. The Morgan fingerprint density at radius 1 is 1.11 bits per heavy atom. The van der Waals surface area contributed by atoms with Gasteiger partial charge < -0.3 is 20.0 Å². The minimum atomic E-state index is -0.288. The molecule has 0 aromatic heterocycles. The monoisotopic (exact) mass is 436 g/mol. The number of halogens is 1. The van der Waals surface area contributed by atoms with Crippen molar-refractivity contribution in [2.45, 2.75) is 19.9 Å². The Balaban J connectivity index is 1.52. The molecular formula is C19H25BrN4O3. The number of nitrogens with one attached hydrogen (secondary N) is 1. The summed E-state index contributed by atoms with van der Waals surface area (Å²) in [5, 5.41) is 2.78. The van der Waals surface area contributed by atoms with Crippen LogP contribution in [0.1, 0.15) is 18.9 Å². The van der Waals surface area contributed by atoms with E-state index in [-0.39, 0.29) is 30.2 Å². The van der Waals surface area contributed by atoms with Gasteiger partial charge in [0.2, 0.25) is 11.8 Å². The van der Waals surface area contributed by atoms with Crippen molar-refractivity contribution in [1.29, 1.82) is 0 Å². The summed E-state index contributed by atoms with van der Waals surface area (Å²) in [5.41, 5.74) is 1.05. The van der Waals surface area contributed by atoms with Crippen LogP contribution in [0, 0.1) is 5.92 Å². The van der Waals surface area contributed by atoms with Gasteiger partial charge in [-0.25, -0.2) is 4.79 Å². The number of hydrogen-bond donors (Lipinski definition) is 1. The summed E-state index contributed by atoms with van der Waals surface area (Å²) in [6.07, 6.45) is 0.270. The summed E-state index contributed by atoms with van der Waals surface area (Å²) >= 11 is 3.41. The predicted octanol–water partition coefficient (Wildman–Crippen LogP) is 1.67. The molecule has 2 fully saturated rings. The Hall–Kier alpha value is -2.09. The maximum atomic E-state index is 12.8. The van der Waals surface area contributed by atoms with Crippen molar-refractivity contribution in [2.75, 3.05) is 39.3 Å². The number of rotatable bonds is 4. The quantitative estimate of drug-likeness (QED) is 0.779. The van der Waals surface area contributed by atoms with Crippen molar-refractivity contribution in [3.63, 3.8) is 0 Å². The highest BCUT2D eigenvalue weighted by atomic mass is 79.9. The molecule has 8 heteroatoms.